The molecule has 6 heteroatoms. The Kier molecular flexibility index (Phi) is 5.91. The van der Waals surface area contributed by atoms with Crippen LogP contribution in [0.25, 0.3) is 0 Å². The summed E-state index contributed by atoms with van der Waals surface area (Å²) in [6.45, 7) is 8.93. The smallest absolute Gasteiger partial charge is 0.163 e. The molecule has 1 aromatic carbocycles. The number of nitriles is 1. The second-order valence-electron chi connectivity index (χ2n) is 5.74. The molecular formula is C19H17F3N2S. The normalized spacial score (nSPS) is 10.6. The summed E-state index contributed by atoms with van der Waals surface area (Å²) in [5.41, 5.74) is 3.21. The van der Waals surface area contributed by atoms with Gasteiger partial charge in [-0.15, -0.1) is 0 Å². The van der Waals surface area contributed by atoms with E-state index in [1.807, 2.05) is 19.9 Å². The molecule has 0 saturated carbocycles. The molecule has 2 aromatic rings. The van der Waals surface area contributed by atoms with Crippen LogP contribution in [0.2, 0.25) is 0 Å². The molecular weight excluding hydrogens is 345 g/mol. The number of rotatable bonds is 5. The van der Waals surface area contributed by atoms with Gasteiger partial charge in [-0.05, 0) is 36.8 Å². The van der Waals surface area contributed by atoms with Gasteiger partial charge in [-0.1, -0.05) is 24.4 Å². The lowest BCUT2D eigenvalue weighted by molar-refractivity contribution is 0.479. The number of hydrogen-bond acceptors (Lipinski definition) is 3. The van der Waals surface area contributed by atoms with Crippen molar-refractivity contribution in [3.63, 3.8) is 0 Å². The van der Waals surface area contributed by atoms with Gasteiger partial charge in [0.2, 0.25) is 0 Å². The van der Waals surface area contributed by atoms with Crippen molar-refractivity contribution < 1.29 is 13.2 Å². The molecule has 1 heterocycles. The third-order valence-electron chi connectivity index (χ3n) is 3.87. The lowest BCUT2D eigenvalue weighted by Crippen LogP contribution is -2.01. The Morgan fingerprint density at radius 3 is 2.40 bits per heavy atom. The summed E-state index contributed by atoms with van der Waals surface area (Å²) < 4.78 is 40.9. The number of halogens is 3. The molecule has 2 nitrogen and oxygen atoms in total. The Morgan fingerprint density at radius 2 is 1.76 bits per heavy atom. The molecule has 0 spiro atoms. The first-order chi connectivity index (χ1) is 11.7. The maximum atomic E-state index is 14.0. The second kappa shape index (κ2) is 7.75. The first kappa shape index (κ1) is 19.1. The molecule has 0 saturated heterocycles. The van der Waals surface area contributed by atoms with Crippen molar-refractivity contribution in [2.45, 2.75) is 38.5 Å². The van der Waals surface area contributed by atoms with Gasteiger partial charge in [0, 0.05) is 29.4 Å². The van der Waals surface area contributed by atoms with Crippen molar-refractivity contribution in [3.8, 4) is 6.07 Å². The molecule has 25 heavy (non-hydrogen) atoms. The number of thioether (sulfide) groups is 1. The van der Waals surface area contributed by atoms with E-state index in [1.165, 1.54) is 6.92 Å². The molecule has 1 aromatic heterocycles. The minimum atomic E-state index is -1.20. The highest BCUT2D eigenvalue weighted by Gasteiger charge is 2.17. The quantitative estimate of drug-likeness (QED) is 0.532. The zero-order chi connectivity index (χ0) is 18.7. The molecule has 0 aliphatic heterocycles. The van der Waals surface area contributed by atoms with E-state index in [2.05, 4.69) is 17.6 Å². The van der Waals surface area contributed by atoms with Crippen LogP contribution in [0.4, 0.5) is 13.2 Å². The molecule has 0 atom stereocenters. The van der Waals surface area contributed by atoms with Crippen molar-refractivity contribution in [3.05, 3.63) is 69.1 Å². The summed E-state index contributed by atoms with van der Waals surface area (Å²) in [5.74, 6) is -3.07. The molecule has 0 fully saturated rings. The van der Waals surface area contributed by atoms with Gasteiger partial charge in [0.25, 0.3) is 0 Å². The Hall–Kier alpha value is -2.26. The van der Waals surface area contributed by atoms with E-state index in [0.29, 0.717) is 17.4 Å². The molecule has 0 bridgehead atoms. The van der Waals surface area contributed by atoms with Gasteiger partial charge < -0.3 is 0 Å². The average Bonchev–Trinajstić information content (AvgIpc) is 2.54. The van der Waals surface area contributed by atoms with Crippen LogP contribution in [0.1, 0.15) is 28.1 Å². The number of hydrogen-bond donors (Lipinski definition) is 0. The SMILES string of the molecule is C=C(Cc1cc(CC#N)c(C)nc1C)Sc1c(F)cc(F)c(F)c1C. The highest BCUT2D eigenvalue weighted by molar-refractivity contribution is 8.03. The fourth-order valence-corrected chi connectivity index (χ4v) is 3.39. The molecule has 0 aliphatic carbocycles. The summed E-state index contributed by atoms with van der Waals surface area (Å²) >= 11 is 0.978. The summed E-state index contributed by atoms with van der Waals surface area (Å²) in [6.07, 6.45) is 0.642. The number of pyridine rings is 1. The molecule has 130 valence electrons. The number of aromatic nitrogens is 1. The maximum absolute atomic E-state index is 14.0. The van der Waals surface area contributed by atoms with Crippen LogP contribution in [-0.2, 0) is 12.8 Å². The van der Waals surface area contributed by atoms with E-state index in [1.54, 1.807) is 0 Å². The summed E-state index contributed by atoms with van der Waals surface area (Å²) in [7, 11) is 0. The van der Waals surface area contributed by atoms with Crippen LogP contribution < -0.4 is 0 Å². The van der Waals surface area contributed by atoms with Crippen LogP contribution >= 0.6 is 11.8 Å². The minimum Gasteiger partial charge on any atom is -0.258 e. The van der Waals surface area contributed by atoms with E-state index >= 15 is 0 Å². The zero-order valence-electron chi connectivity index (χ0n) is 14.2. The van der Waals surface area contributed by atoms with Crippen molar-refractivity contribution in [2.24, 2.45) is 0 Å². The van der Waals surface area contributed by atoms with Gasteiger partial charge in [-0.3, -0.25) is 4.98 Å². The summed E-state index contributed by atoms with van der Waals surface area (Å²) in [5, 5.41) is 8.88. The van der Waals surface area contributed by atoms with Crippen molar-refractivity contribution in [1.82, 2.24) is 4.98 Å². The van der Waals surface area contributed by atoms with E-state index in [4.69, 9.17) is 5.26 Å². The Balaban J connectivity index is 2.26. The Labute approximate surface area is 149 Å². The average molecular weight is 362 g/mol. The standard InChI is InChI=1S/C19H17F3N2S/c1-10(25-19-11(2)18(22)16(20)9-17(19)21)7-15-8-14(5-6-23)12(3)24-13(15)4/h8-9H,1,5,7H2,2-4H3. The van der Waals surface area contributed by atoms with E-state index in [0.717, 1.165) is 34.3 Å². The lowest BCUT2D eigenvalue weighted by Gasteiger charge is -2.13. The Morgan fingerprint density at radius 1 is 1.12 bits per heavy atom. The first-order valence-corrected chi connectivity index (χ1v) is 8.38. The molecule has 0 N–H and O–H groups in total. The van der Waals surface area contributed by atoms with Gasteiger partial charge in [-0.25, -0.2) is 13.2 Å². The number of benzene rings is 1. The fraction of sp³-hybridized carbons (Fsp3) is 0.263. The number of nitrogens with zero attached hydrogens (tertiary/aromatic N) is 2. The first-order valence-electron chi connectivity index (χ1n) is 7.57. The topological polar surface area (TPSA) is 36.7 Å². The van der Waals surface area contributed by atoms with Crippen LogP contribution in [0.15, 0.2) is 28.5 Å². The van der Waals surface area contributed by atoms with Crippen LogP contribution in [0.3, 0.4) is 0 Å². The largest absolute Gasteiger partial charge is 0.258 e. The van der Waals surface area contributed by atoms with Crippen LogP contribution in [0.5, 0.6) is 0 Å². The second-order valence-corrected chi connectivity index (χ2v) is 6.93. The highest BCUT2D eigenvalue weighted by Crippen LogP contribution is 2.35. The molecule has 0 aliphatic rings. The fourth-order valence-electron chi connectivity index (χ4n) is 2.47. The predicted octanol–water partition coefficient (Wildman–Crippen LogP) is 5.34. The third-order valence-corrected chi connectivity index (χ3v) is 5.01. The minimum absolute atomic E-state index is 0.0267. The predicted molar refractivity (Wildman–Crippen MR) is 92.8 cm³/mol. The number of allylic oxidation sites excluding steroid dienone is 1. The van der Waals surface area contributed by atoms with Gasteiger partial charge >= 0.3 is 0 Å². The van der Waals surface area contributed by atoms with Crippen molar-refractivity contribution >= 4 is 11.8 Å². The zero-order valence-corrected chi connectivity index (χ0v) is 15.0. The van der Waals surface area contributed by atoms with Crippen molar-refractivity contribution in [1.29, 1.82) is 5.26 Å². The molecule has 0 unspecified atom stereocenters. The van der Waals surface area contributed by atoms with E-state index in [9.17, 15) is 13.2 Å². The highest BCUT2D eigenvalue weighted by atomic mass is 32.2. The summed E-state index contributed by atoms with van der Waals surface area (Å²) in [4.78, 5) is 5.03. The van der Waals surface area contributed by atoms with Crippen LogP contribution in [0, 0.1) is 49.6 Å². The molecule has 2 rings (SSSR count). The van der Waals surface area contributed by atoms with E-state index < -0.39 is 17.5 Å². The summed E-state index contributed by atoms with van der Waals surface area (Å²) in [6, 6.07) is 4.53. The van der Waals surface area contributed by atoms with Gasteiger partial charge in [0.1, 0.15) is 5.82 Å². The van der Waals surface area contributed by atoms with Crippen molar-refractivity contribution in [2.75, 3.05) is 0 Å². The van der Waals surface area contributed by atoms with Gasteiger partial charge in [0.15, 0.2) is 11.6 Å². The maximum Gasteiger partial charge on any atom is 0.163 e. The third kappa shape index (κ3) is 4.23. The number of aryl methyl sites for hydroxylation is 2. The van der Waals surface area contributed by atoms with Crippen LogP contribution in [-0.4, -0.2) is 4.98 Å². The molecule has 0 amide bonds. The lowest BCUT2D eigenvalue weighted by atomic mass is 10.0. The molecule has 0 radical (unpaired) electrons. The van der Waals surface area contributed by atoms with Gasteiger partial charge in [0.05, 0.1) is 17.4 Å². The van der Waals surface area contributed by atoms with Gasteiger partial charge in [-0.2, -0.15) is 5.26 Å². The van der Waals surface area contributed by atoms with E-state index in [-0.39, 0.29) is 16.9 Å². The monoisotopic (exact) mass is 362 g/mol. The Bertz CT molecular complexity index is 885.